The van der Waals surface area contributed by atoms with E-state index in [-0.39, 0.29) is 0 Å². The molecule has 0 radical (unpaired) electrons. The predicted octanol–water partition coefficient (Wildman–Crippen LogP) is 2.22. The van der Waals surface area contributed by atoms with Crippen molar-refractivity contribution in [2.45, 2.75) is 66.4 Å². The number of aliphatic carboxylic acids is 1. The van der Waals surface area contributed by atoms with Crippen LogP contribution in [0.2, 0.25) is 0 Å². The Morgan fingerprint density at radius 1 is 1.06 bits per heavy atom. The van der Waals surface area contributed by atoms with Crippen LogP contribution in [0.4, 0.5) is 0 Å². The van der Waals surface area contributed by atoms with Crippen molar-refractivity contribution in [3.8, 4) is 0 Å². The molecule has 0 aromatic heterocycles. The van der Waals surface area contributed by atoms with Gasteiger partial charge in [-0.1, -0.05) is 0 Å². The van der Waals surface area contributed by atoms with E-state index < -0.39 is 36.8 Å². The average molecular weight is 256 g/mol. The molecule has 0 aliphatic rings. The number of carboxylic acids is 1. The number of ether oxygens (including phenoxy) is 1. The van der Waals surface area contributed by atoms with Gasteiger partial charge in [0.25, 0.3) is 5.97 Å². The van der Waals surface area contributed by atoms with Crippen LogP contribution < -0.4 is 0 Å². The van der Waals surface area contributed by atoms with Gasteiger partial charge in [0.1, 0.15) is 5.60 Å². The van der Waals surface area contributed by atoms with Gasteiger partial charge in [0.05, 0.1) is 5.60 Å². The number of carboxylic acid groups (broad SMARTS) is 1. The molecule has 0 aliphatic heterocycles. The largest absolute Gasteiger partial charge is 0.481 e. The molecule has 0 fully saturated rings. The molecule has 0 atom stereocenters. The summed E-state index contributed by atoms with van der Waals surface area (Å²) in [6.45, 7) is 4.62. The Labute approximate surface area is 112 Å². The van der Waals surface area contributed by atoms with E-state index in [0.717, 1.165) is 0 Å². The second-order valence-corrected chi connectivity index (χ2v) is 4.98. The topological polar surface area (TPSA) is 83.8 Å². The highest BCUT2D eigenvalue weighted by Crippen LogP contribution is 2.05. The number of carbonyl (C=O) groups is 2. The van der Waals surface area contributed by atoms with E-state index in [0.29, 0.717) is 0 Å². The number of rotatable bonds is 0. The van der Waals surface area contributed by atoms with Gasteiger partial charge < -0.3 is 14.9 Å². The molecular weight excluding hydrogens is 224 g/mol. The summed E-state index contributed by atoms with van der Waals surface area (Å²) in [6.07, 6.45) is 0. The highest BCUT2D eigenvalue weighted by Gasteiger charge is 2.11. The molecule has 5 nitrogen and oxygen atoms in total. The quantitative estimate of drug-likeness (QED) is 0.649. The number of carbonyl (C=O) groups excluding carboxylic acids is 1. The molecule has 17 heavy (non-hydrogen) atoms. The molecule has 0 saturated carbocycles. The normalized spacial score (nSPS) is 16.9. The summed E-state index contributed by atoms with van der Waals surface area (Å²) in [5, 5.41) is 16.2. The van der Waals surface area contributed by atoms with Gasteiger partial charge in [-0.05, 0) is 41.5 Å². The van der Waals surface area contributed by atoms with Gasteiger partial charge in [0.2, 0.25) is 0 Å². The zero-order chi connectivity index (χ0) is 19.9. The summed E-state index contributed by atoms with van der Waals surface area (Å²) in [4.78, 5) is 20.2. The minimum absolute atomic E-state index is 0.500. The molecule has 0 amide bonds. The predicted molar refractivity (Wildman–Crippen MR) is 66.8 cm³/mol. The fraction of sp³-hybridized carbons (Fsp3) is 0.833. The van der Waals surface area contributed by atoms with Crippen LogP contribution in [-0.4, -0.2) is 33.4 Å². The lowest BCUT2D eigenvalue weighted by molar-refractivity contribution is -0.151. The molecule has 2 N–H and O–H groups in total. The van der Waals surface area contributed by atoms with Crippen molar-refractivity contribution in [2.24, 2.45) is 0 Å². The molecule has 0 unspecified atom stereocenters. The molecule has 0 heterocycles. The first-order chi connectivity index (χ1) is 9.57. The standard InChI is InChI=1S/C6H12O2.C4H10O.C2H4O2/c1-5(7)8-6(2,3)4;1-4(2,3)5;1-2(3)4/h1-4H3;5H,1-3H3;1H3,(H,3,4)/i1D3;;1D3. The highest BCUT2D eigenvalue weighted by atomic mass is 16.6. The Balaban J connectivity index is -0.000000286. The van der Waals surface area contributed by atoms with Crippen molar-refractivity contribution in [3.63, 3.8) is 0 Å². The third kappa shape index (κ3) is 163. The van der Waals surface area contributed by atoms with Crippen molar-refractivity contribution >= 4 is 11.9 Å². The number of hydrogen-bond donors (Lipinski definition) is 2. The van der Waals surface area contributed by atoms with Crippen LogP contribution in [0.3, 0.4) is 0 Å². The van der Waals surface area contributed by atoms with Crippen LogP contribution in [0.25, 0.3) is 0 Å². The zero-order valence-electron chi connectivity index (χ0n) is 17.1. The SMILES string of the molecule is CC(C)(C)O.[2H]C([2H])([2H])C(=O)O.[2H]C([2H])([2H])C(=O)OC(C)(C)C. The Hall–Kier alpha value is -1.10. The van der Waals surface area contributed by atoms with E-state index in [1.165, 1.54) is 0 Å². The minimum Gasteiger partial charge on any atom is -0.481 e. The highest BCUT2D eigenvalue weighted by molar-refractivity contribution is 5.66. The van der Waals surface area contributed by atoms with Crippen LogP contribution in [0, 0.1) is 0 Å². The molecule has 5 heteroatoms. The number of aliphatic hydroxyl groups is 1. The maximum absolute atomic E-state index is 10.7. The Kier molecular flexibility index (Phi) is 5.22. The van der Waals surface area contributed by atoms with Gasteiger partial charge in [-0.3, -0.25) is 9.59 Å². The molecule has 0 aromatic rings. The summed E-state index contributed by atoms with van der Waals surface area (Å²) in [7, 11) is 0. The first kappa shape index (κ1) is 9.88. The Morgan fingerprint density at radius 3 is 1.41 bits per heavy atom. The lowest BCUT2D eigenvalue weighted by atomic mass is 10.2. The summed E-state index contributed by atoms with van der Waals surface area (Å²) >= 11 is 0. The van der Waals surface area contributed by atoms with Crippen molar-refractivity contribution < 1.29 is 32.8 Å². The van der Waals surface area contributed by atoms with Gasteiger partial charge in [-0.2, -0.15) is 0 Å². The van der Waals surface area contributed by atoms with Crippen molar-refractivity contribution in [1.29, 1.82) is 0 Å². The second kappa shape index (κ2) is 8.98. The first-order valence-electron chi connectivity index (χ1n) is 7.76. The molecule has 104 valence electrons. The van der Waals surface area contributed by atoms with Gasteiger partial charge in [0, 0.05) is 21.9 Å². The smallest absolute Gasteiger partial charge is 0.303 e. The van der Waals surface area contributed by atoms with Crippen molar-refractivity contribution in [1.82, 2.24) is 0 Å². The molecule has 0 aliphatic carbocycles. The van der Waals surface area contributed by atoms with E-state index >= 15 is 0 Å². The van der Waals surface area contributed by atoms with Crippen LogP contribution >= 0.6 is 0 Å². The molecule has 0 spiro atoms. The van der Waals surface area contributed by atoms with E-state index in [4.69, 9.17) is 18.4 Å². The van der Waals surface area contributed by atoms with Gasteiger partial charge in [-0.25, -0.2) is 0 Å². The summed E-state index contributed by atoms with van der Waals surface area (Å²) in [5.41, 5.74) is -1.23. The molecular formula is C12H26O5. The van der Waals surface area contributed by atoms with E-state index in [2.05, 4.69) is 4.74 Å². The lowest BCUT2D eigenvalue weighted by Crippen LogP contribution is -2.21. The van der Waals surface area contributed by atoms with E-state index in [1.54, 1.807) is 41.5 Å². The molecule has 0 bridgehead atoms. The van der Waals surface area contributed by atoms with Crippen LogP contribution in [0.5, 0.6) is 0 Å². The van der Waals surface area contributed by atoms with Crippen LogP contribution in [0.15, 0.2) is 0 Å². The summed E-state index contributed by atoms with van der Waals surface area (Å²) in [5.74, 6) is -2.91. The summed E-state index contributed by atoms with van der Waals surface area (Å²) in [6, 6.07) is 0. The number of hydrogen-bond acceptors (Lipinski definition) is 4. The van der Waals surface area contributed by atoms with E-state index in [9.17, 15) is 9.59 Å². The van der Waals surface area contributed by atoms with Crippen LogP contribution in [0.1, 0.15) is 63.5 Å². The Morgan fingerprint density at radius 2 is 1.35 bits per heavy atom. The average Bonchev–Trinajstić information content (AvgIpc) is 2.09. The Bertz CT molecular complexity index is 367. The summed E-state index contributed by atoms with van der Waals surface area (Å²) < 4.78 is 43.0. The third-order valence-electron chi connectivity index (χ3n) is 0.399. The minimum atomic E-state index is -2.83. The second-order valence-electron chi connectivity index (χ2n) is 4.98. The fourth-order valence-electron chi connectivity index (χ4n) is 0.278. The molecule has 0 aromatic carbocycles. The van der Waals surface area contributed by atoms with Crippen molar-refractivity contribution in [3.05, 3.63) is 0 Å². The van der Waals surface area contributed by atoms with Gasteiger partial charge >= 0.3 is 5.97 Å². The first-order valence-corrected chi connectivity index (χ1v) is 4.76. The number of esters is 1. The van der Waals surface area contributed by atoms with Crippen LogP contribution in [-0.2, 0) is 14.3 Å². The molecule has 0 rings (SSSR count). The van der Waals surface area contributed by atoms with Crippen molar-refractivity contribution in [2.75, 3.05) is 0 Å². The van der Waals surface area contributed by atoms with Gasteiger partial charge in [-0.15, -0.1) is 0 Å². The fourth-order valence-corrected chi connectivity index (χ4v) is 0.278. The van der Waals surface area contributed by atoms with E-state index in [1.807, 2.05) is 0 Å². The monoisotopic (exact) mass is 256 g/mol. The van der Waals surface area contributed by atoms with Gasteiger partial charge in [0.15, 0.2) is 0 Å². The third-order valence-corrected chi connectivity index (χ3v) is 0.399. The lowest BCUT2D eigenvalue weighted by Gasteiger charge is -2.17. The maximum Gasteiger partial charge on any atom is 0.303 e. The maximum atomic E-state index is 10.7. The molecule has 0 saturated heterocycles. The zero-order valence-corrected chi connectivity index (χ0v) is 11.1.